The highest BCUT2D eigenvalue weighted by molar-refractivity contribution is 7.89. The molecule has 0 unspecified atom stereocenters. The molecule has 2 fully saturated rings. The number of carbonyl (C=O) groups is 1. The van der Waals surface area contributed by atoms with Gasteiger partial charge < -0.3 is 14.4 Å². The number of ether oxygens (including phenoxy) is 2. The summed E-state index contributed by atoms with van der Waals surface area (Å²) in [5.74, 6) is 0.495. The average molecular weight is 368 g/mol. The molecule has 0 spiro atoms. The molecular weight excluding hydrogens is 344 g/mol. The fourth-order valence-corrected chi connectivity index (χ4v) is 5.29. The van der Waals surface area contributed by atoms with Crippen molar-refractivity contribution < 1.29 is 22.7 Å². The largest absolute Gasteiger partial charge is 0.497 e. The van der Waals surface area contributed by atoms with E-state index in [1.165, 1.54) is 4.31 Å². The monoisotopic (exact) mass is 368 g/mol. The van der Waals surface area contributed by atoms with E-state index in [-0.39, 0.29) is 10.8 Å². The van der Waals surface area contributed by atoms with Crippen LogP contribution in [0.5, 0.6) is 5.75 Å². The van der Waals surface area contributed by atoms with E-state index in [4.69, 9.17) is 9.47 Å². The first-order valence-electron chi connectivity index (χ1n) is 8.48. The van der Waals surface area contributed by atoms with Crippen LogP contribution in [-0.4, -0.2) is 69.5 Å². The van der Waals surface area contributed by atoms with Crippen molar-refractivity contribution in [2.75, 3.05) is 40.0 Å². The molecule has 0 saturated carbocycles. The molecule has 25 heavy (non-hydrogen) atoms. The maximum atomic E-state index is 13.1. The number of morpholine rings is 1. The van der Waals surface area contributed by atoms with Crippen LogP contribution in [0, 0.1) is 6.92 Å². The lowest BCUT2D eigenvalue weighted by Crippen LogP contribution is -2.51. The summed E-state index contributed by atoms with van der Waals surface area (Å²) in [6.07, 6.45) is 1.25. The van der Waals surface area contributed by atoms with E-state index in [9.17, 15) is 13.2 Å². The Morgan fingerprint density at radius 2 is 1.96 bits per heavy atom. The van der Waals surface area contributed by atoms with Crippen molar-refractivity contribution in [3.63, 3.8) is 0 Å². The number of benzene rings is 1. The van der Waals surface area contributed by atoms with E-state index >= 15 is 0 Å². The molecule has 2 aliphatic rings. The van der Waals surface area contributed by atoms with Crippen molar-refractivity contribution >= 4 is 15.9 Å². The highest BCUT2D eigenvalue weighted by Crippen LogP contribution is 2.30. The lowest BCUT2D eigenvalue weighted by molar-refractivity contribution is -0.138. The Bertz CT molecular complexity index is 743. The van der Waals surface area contributed by atoms with Crippen LogP contribution in [0.25, 0.3) is 0 Å². The number of rotatable bonds is 4. The van der Waals surface area contributed by atoms with Gasteiger partial charge in [-0.05, 0) is 43.5 Å². The minimum atomic E-state index is -3.73. The molecule has 0 N–H and O–H groups in total. The second-order valence-electron chi connectivity index (χ2n) is 6.34. The summed E-state index contributed by atoms with van der Waals surface area (Å²) in [6, 6.07) is 4.26. The molecule has 0 aromatic heterocycles. The van der Waals surface area contributed by atoms with Crippen LogP contribution in [-0.2, 0) is 19.6 Å². The van der Waals surface area contributed by atoms with Gasteiger partial charge in [0.2, 0.25) is 15.9 Å². The van der Waals surface area contributed by atoms with Gasteiger partial charge in [0, 0.05) is 19.6 Å². The number of carbonyl (C=O) groups excluding carboxylic acids is 1. The fraction of sp³-hybridized carbons (Fsp3) is 0.588. The molecule has 2 aliphatic heterocycles. The molecule has 0 bridgehead atoms. The van der Waals surface area contributed by atoms with Crippen LogP contribution in [0.4, 0.5) is 0 Å². The highest BCUT2D eigenvalue weighted by atomic mass is 32.2. The Morgan fingerprint density at radius 3 is 2.60 bits per heavy atom. The number of nitrogens with zero attached hydrogens (tertiary/aromatic N) is 2. The van der Waals surface area contributed by atoms with Gasteiger partial charge in [0.1, 0.15) is 11.8 Å². The molecule has 1 aromatic carbocycles. The maximum absolute atomic E-state index is 13.1. The minimum absolute atomic E-state index is 0.115. The van der Waals surface area contributed by atoms with E-state index in [0.717, 1.165) is 0 Å². The molecule has 1 amide bonds. The number of hydrogen-bond donors (Lipinski definition) is 0. The summed E-state index contributed by atoms with van der Waals surface area (Å²) in [5, 5.41) is 0. The van der Waals surface area contributed by atoms with E-state index in [1.54, 1.807) is 37.1 Å². The number of aryl methyl sites for hydroxylation is 1. The van der Waals surface area contributed by atoms with Crippen LogP contribution in [0.3, 0.4) is 0 Å². The van der Waals surface area contributed by atoms with E-state index < -0.39 is 16.1 Å². The van der Waals surface area contributed by atoms with Gasteiger partial charge in [-0.25, -0.2) is 8.42 Å². The zero-order valence-electron chi connectivity index (χ0n) is 14.6. The van der Waals surface area contributed by atoms with Crippen molar-refractivity contribution in [2.24, 2.45) is 0 Å². The van der Waals surface area contributed by atoms with Crippen LogP contribution in [0.2, 0.25) is 0 Å². The third kappa shape index (κ3) is 3.51. The van der Waals surface area contributed by atoms with Gasteiger partial charge in [-0.3, -0.25) is 4.79 Å². The minimum Gasteiger partial charge on any atom is -0.497 e. The summed E-state index contributed by atoms with van der Waals surface area (Å²) < 4.78 is 38.1. The fourth-order valence-electron chi connectivity index (χ4n) is 3.43. The third-order valence-corrected chi connectivity index (χ3v) is 6.85. The van der Waals surface area contributed by atoms with Gasteiger partial charge in [-0.15, -0.1) is 0 Å². The Labute approximate surface area is 148 Å². The predicted molar refractivity (Wildman–Crippen MR) is 92.0 cm³/mol. The molecule has 8 heteroatoms. The van der Waals surface area contributed by atoms with Gasteiger partial charge in [0.25, 0.3) is 0 Å². The first kappa shape index (κ1) is 18.2. The van der Waals surface area contributed by atoms with Crippen LogP contribution in [0.15, 0.2) is 23.1 Å². The molecule has 138 valence electrons. The van der Waals surface area contributed by atoms with E-state index in [1.807, 2.05) is 0 Å². The van der Waals surface area contributed by atoms with E-state index in [0.29, 0.717) is 57.0 Å². The average Bonchev–Trinajstić information content (AvgIpc) is 3.12. The summed E-state index contributed by atoms with van der Waals surface area (Å²) >= 11 is 0. The second kappa shape index (κ2) is 7.31. The maximum Gasteiger partial charge on any atom is 0.244 e. The number of hydrogen-bond acceptors (Lipinski definition) is 5. The van der Waals surface area contributed by atoms with Crippen molar-refractivity contribution in [3.8, 4) is 5.75 Å². The molecule has 2 saturated heterocycles. The molecule has 0 aliphatic carbocycles. The topological polar surface area (TPSA) is 76.2 Å². The third-order valence-electron chi connectivity index (χ3n) is 4.78. The van der Waals surface area contributed by atoms with Gasteiger partial charge in [-0.2, -0.15) is 4.31 Å². The number of amides is 1. The van der Waals surface area contributed by atoms with Gasteiger partial charge in [0.15, 0.2) is 0 Å². The first-order chi connectivity index (χ1) is 11.9. The smallest absolute Gasteiger partial charge is 0.244 e. The van der Waals surface area contributed by atoms with Crippen molar-refractivity contribution in [1.29, 1.82) is 0 Å². The summed E-state index contributed by atoms with van der Waals surface area (Å²) in [7, 11) is -2.19. The van der Waals surface area contributed by atoms with Crippen LogP contribution in [0.1, 0.15) is 18.4 Å². The van der Waals surface area contributed by atoms with Crippen LogP contribution >= 0.6 is 0 Å². The van der Waals surface area contributed by atoms with Gasteiger partial charge in [0.05, 0.1) is 25.2 Å². The normalized spacial score (nSPS) is 22.2. The number of methoxy groups -OCH3 is 1. The standard InChI is InChI=1S/C17H24N2O5S/c1-13-12-14(23-2)5-6-16(13)25(21,22)19-7-3-4-15(19)17(20)18-8-10-24-11-9-18/h5-6,12,15H,3-4,7-11H2,1-2H3/t15-/m1/s1. The molecule has 0 radical (unpaired) electrons. The Morgan fingerprint density at radius 1 is 1.24 bits per heavy atom. The second-order valence-corrected chi connectivity index (χ2v) is 8.20. The summed E-state index contributed by atoms with van der Waals surface area (Å²) in [5.41, 5.74) is 0.615. The lowest BCUT2D eigenvalue weighted by atomic mass is 10.2. The zero-order chi connectivity index (χ0) is 18.0. The highest BCUT2D eigenvalue weighted by Gasteiger charge is 2.41. The van der Waals surface area contributed by atoms with Gasteiger partial charge >= 0.3 is 0 Å². The molecule has 2 heterocycles. The molecule has 1 aromatic rings. The Kier molecular flexibility index (Phi) is 5.31. The zero-order valence-corrected chi connectivity index (χ0v) is 15.4. The molecule has 3 rings (SSSR count). The summed E-state index contributed by atoms with van der Waals surface area (Å²) in [4.78, 5) is 14.8. The van der Waals surface area contributed by atoms with Gasteiger partial charge in [-0.1, -0.05) is 0 Å². The van der Waals surface area contributed by atoms with Crippen LogP contribution < -0.4 is 4.74 Å². The summed E-state index contributed by atoms with van der Waals surface area (Å²) in [6.45, 7) is 4.15. The van der Waals surface area contributed by atoms with Crippen molar-refractivity contribution in [1.82, 2.24) is 9.21 Å². The number of sulfonamides is 1. The van der Waals surface area contributed by atoms with Crippen molar-refractivity contribution in [2.45, 2.75) is 30.7 Å². The molecule has 1 atom stereocenters. The first-order valence-corrected chi connectivity index (χ1v) is 9.92. The predicted octanol–water partition coefficient (Wildman–Crippen LogP) is 1.02. The SMILES string of the molecule is COc1ccc(S(=O)(=O)N2CCC[C@@H]2C(=O)N2CCOCC2)c(C)c1. The van der Waals surface area contributed by atoms with E-state index in [2.05, 4.69) is 0 Å². The lowest BCUT2D eigenvalue weighted by Gasteiger charge is -2.32. The van der Waals surface area contributed by atoms with Crippen molar-refractivity contribution in [3.05, 3.63) is 23.8 Å². The Hall–Kier alpha value is -1.64. The molecular formula is C17H24N2O5S. The Balaban J connectivity index is 1.86. The molecule has 7 nitrogen and oxygen atoms in total. The quantitative estimate of drug-likeness (QED) is 0.793.